The number of hydrogen-bond donors (Lipinski definition) is 7. The molecule has 1 aromatic rings. The highest BCUT2D eigenvalue weighted by Gasteiger charge is 2.45. The van der Waals surface area contributed by atoms with Gasteiger partial charge in [0.15, 0.2) is 6.29 Å². The largest absolute Gasteiger partial charge is 0.497 e. The third kappa shape index (κ3) is 32.2. The van der Waals surface area contributed by atoms with Crippen molar-refractivity contribution in [2.24, 2.45) is 0 Å². The molecule has 1 fully saturated rings. The van der Waals surface area contributed by atoms with Gasteiger partial charge in [0.25, 0.3) is 0 Å². The van der Waals surface area contributed by atoms with Gasteiger partial charge in [0.2, 0.25) is 0 Å². The maximum atomic E-state index is 12.6. The molecule has 0 spiro atoms. The van der Waals surface area contributed by atoms with Crippen molar-refractivity contribution in [3.63, 3.8) is 0 Å². The Balaban J connectivity index is 1.70. The second-order valence-electron chi connectivity index (χ2n) is 20.7. The molecule has 8 atom stereocenters. The summed E-state index contributed by atoms with van der Waals surface area (Å²) in [6.07, 6.45) is 36.8. The quantitative estimate of drug-likeness (QED) is 0.0309. The van der Waals surface area contributed by atoms with Gasteiger partial charge < -0.3 is 49.8 Å². The van der Waals surface area contributed by atoms with Gasteiger partial charge in [0, 0.05) is 11.8 Å². The molecule has 1 aromatic carbocycles. The molecule has 0 aliphatic carbocycles. The Morgan fingerprint density at radius 2 is 1.01 bits per heavy atom. The fourth-order valence-electron chi connectivity index (χ4n) is 9.69. The third-order valence-electron chi connectivity index (χ3n) is 14.4. The van der Waals surface area contributed by atoms with Crippen molar-refractivity contribution in [1.29, 1.82) is 0 Å². The van der Waals surface area contributed by atoms with Crippen molar-refractivity contribution in [2.75, 3.05) is 32.2 Å². The van der Waals surface area contributed by atoms with Crippen molar-refractivity contribution in [1.82, 2.24) is 5.32 Å². The molecule has 1 saturated heterocycles. The van der Waals surface area contributed by atoms with E-state index in [4.69, 9.17) is 18.9 Å². The number of methoxy groups -OCH3 is 1. The summed E-state index contributed by atoms with van der Waals surface area (Å²) in [4.78, 5) is 12.6. The van der Waals surface area contributed by atoms with Crippen LogP contribution < -0.4 is 15.4 Å². The van der Waals surface area contributed by atoms with E-state index >= 15 is 0 Å². The van der Waals surface area contributed by atoms with Crippen LogP contribution in [-0.4, -0.2) is 107 Å². The maximum Gasteiger partial charge on any atom is 0.411 e. The number of benzene rings is 1. The van der Waals surface area contributed by atoms with Gasteiger partial charge in [-0.3, -0.25) is 5.32 Å². The molecule has 7 N–H and O–H groups in total. The Morgan fingerprint density at radius 1 is 0.586 bits per heavy atom. The van der Waals surface area contributed by atoms with E-state index < -0.39 is 61.7 Å². The van der Waals surface area contributed by atoms with Crippen molar-refractivity contribution in [2.45, 2.75) is 300 Å². The summed E-state index contributed by atoms with van der Waals surface area (Å²) in [7, 11) is 1.52. The number of ether oxygens (including phenoxy) is 4. The van der Waals surface area contributed by atoms with Gasteiger partial charge in [0.05, 0.1) is 32.0 Å². The second-order valence-corrected chi connectivity index (χ2v) is 20.7. The molecule has 0 unspecified atom stereocenters. The molecule has 0 radical (unpaired) electrons. The van der Waals surface area contributed by atoms with Crippen molar-refractivity contribution >= 4 is 11.8 Å². The molecular weight excluding hydrogens is 885 g/mol. The summed E-state index contributed by atoms with van der Waals surface area (Å²) < 4.78 is 22.3. The first-order chi connectivity index (χ1) is 34.2. The van der Waals surface area contributed by atoms with E-state index in [0.717, 1.165) is 38.5 Å². The number of aliphatic hydroxyl groups is 5. The number of nitrogens with one attached hydrogen (secondary N) is 2. The lowest BCUT2D eigenvalue weighted by Crippen LogP contribution is -2.60. The monoisotopic (exact) mass is 993 g/mol. The van der Waals surface area contributed by atoms with Gasteiger partial charge in [-0.1, -0.05) is 245 Å². The molecule has 2 rings (SSSR count). The number of carbonyl (C=O) groups is 1. The number of anilines is 1. The number of aliphatic hydroxyl groups excluding tert-OH is 5. The van der Waals surface area contributed by atoms with E-state index in [-0.39, 0.29) is 6.61 Å². The summed E-state index contributed by atoms with van der Waals surface area (Å²) in [6, 6.07) is 6.05. The number of unbranched alkanes of at least 4 members (excludes halogenated alkanes) is 34. The molecule has 0 saturated carbocycles. The maximum absolute atomic E-state index is 12.6. The molecule has 12 heteroatoms. The first kappa shape index (κ1) is 64.1. The molecule has 1 aliphatic heterocycles. The van der Waals surface area contributed by atoms with E-state index in [9.17, 15) is 30.3 Å². The van der Waals surface area contributed by atoms with Crippen LogP contribution >= 0.6 is 0 Å². The fourth-order valence-corrected chi connectivity index (χ4v) is 9.69. The SMILES string of the molecule is CCCCCCCCCCCCCCCCCCCCCCCCCCN[C@@H](CO[C@H]1O[C@H](COC(=O)Nc2cccc(OC)c2)[C@H](O)[C@H](O)[C@H]1O)[C@H](O)[C@H](O)CCCCCCCCCCCCCC. The van der Waals surface area contributed by atoms with E-state index in [2.05, 4.69) is 24.5 Å². The Kier molecular flexibility index (Phi) is 40.7. The van der Waals surface area contributed by atoms with E-state index in [0.29, 0.717) is 24.4 Å². The van der Waals surface area contributed by atoms with Crippen LogP contribution in [-0.2, 0) is 14.2 Å². The minimum Gasteiger partial charge on any atom is -0.497 e. The third-order valence-corrected chi connectivity index (χ3v) is 14.4. The minimum absolute atomic E-state index is 0.134. The van der Waals surface area contributed by atoms with E-state index in [1.54, 1.807) is 24.3 Å². The molecule has 1 heterocycles. The lowest BCUT2D eigenvalue weighted by molar-refractivity contribution is -0.302. The van der Waals surface area contributed by atoms with Crippen LogP contribution in [0.3, 0.4) is 0 Å². The Morgan fingerprint density at radius 3 is 1.46 bits per heavy atom. The summed E-state index contributed by atoms with van der Waals surface area (Å²) in [5, 5.41) is 60.8. The number of hydrogen-bond acceptors (Lipinski definition) is 11. The first-order valence-corrected chi connectivity index (χ1v) is 29.2. The van der Waals surface area contributed by atoms with Gasteiger partial charge in [-0.2, -0.15) is 0 Å². The van der Waals surface area contributed by atoms with Gasteiger partial charge in [0.1, 0.15) is 36.8 Å². The van der Waals surface area contributed by atoms with Crippen molar-refractivity contribution < 1.29 is 49.3 Å². The Hall–Kier alpha value is -2.03. The number of amides is 1. The fraction of sp³-hybridized carbons (Fsp3) is 0.879. The second kappa shape index (κ2) is 44.5. The normalized spacial score (nSPS) is 19.5. The molecule has 1 amide bonds. The predicted molar refractivity (Wildman–Crippen MR) is 287 cm³/mol. The average Bonchev–Trinajstić information content (AvgIpc) is 3.36. The van der Waals surface area contributed by atoms with Crippen LogP contribution in [0.5, 0.6) is 5.75 Å². The van der Waals surface area contributed by atoms with Gasteiger partial charge in [-0.25, -0.2) is 4.79 Å². The Bertz CT molecular complexity index is 1330. The van der Waals surface area contributed by atoms with Crippen molar-refractivity contribution in [3.05, 3.63) is 24.3 Å². The molecule has 0 bridgehead atoms. The molecule has 0 aromatic heterocycles. The van der Waals surface area contributed by atoms with Gasteiger partial charge in [-0.15, -0.1) is 0 Å². The molecular formula is C58H108N2O10. The van der Waals surface area contributed by atoms with Gasteiger partial charge in [-0.05, 0) is 31.5 Å². The first-order valence-electron chi connectivity index (χ1n) is 29.2. The summed E-state index contributed by atoms with van der Waals surface area (Å²) in [6.45, 7) is 4.59. The average molecular weight is 994 g/mol. The van der Waals surface area contributed by atoms with Gasteiger partial charge >= 0.3 is 6.09 Å². The molecule has 70 heavy (non-hydrogen) atoms. The summed E-state index contributed by atoms with van der Waals surface area (Å²) >= 11 is 0. The minimum atomic E-state index is -1.64. The van der Waals surface area contributed by atoms with Crippen LogP contribution in [0.1, 0.15) is 251 Å². The smallest absolute Gasteiger partial charge is 0.411 e. The Labute approximate surface area is 427 Å². The number of carbonyl (C=O) groups excluding carboxylic acids is 1. The van der Waals surface area contributed by atoms with Crippen LogP contribution in [0.2, 0.25) is 0 Å². The highest BCUT2D eigenvalue weighted by molar-refractivity contribution is 5.84. The zero-order chi connectivity index (χ0) is 50.7. The number of rotatable bonds is 48. The lowest BCUT2D eigenvalue weighted by atomic mass is 9.98. The van der Waals surface area contributed by atoms with E-state index in [1.807, 2.05) is 0 Å². The lowest BCUT2D eigenvalue weighted by Gasteiger charge is -2.40. The molecule has 1 aliphatic rings. The van der Waals surface area contributed by atoms with Crippen LogP contribution in [0.4, 0.5) is 10.5 Å². The predicted octanol–water partition coefficient (Wildman–Crippen LogP) is 13.2. The molecule has 410 valence electrons. The van der Waals surface area contributed by atoms with Crippen molar-refractivity contribution in [3.8, 4) is 5.75 Å². The highest BCUT2D eigenvalue weighted by Crippen LogP contribution is 2.25. The topological polar surface area (TPSA) is 179 Å². The van der Waals surface area contributed by atoms with Crippen LogP contribution in [0.25, 0.3) is 0 Å². The highest BCUT2D eigenvalue weighted by atomic mass is 16.7. The zero-order valence-corrected chi connectivity index (χ0v) is 45.0. The standard InChI is InChI=1S/C58H108N2O10/c1-4-6-8-10-12-14-16-18-19-20-21-22-23-24-25-26-27-28-29-31-33-35-37-39-44-59-50(53(62)51(61)43-38-36-34-32-30-17-15-13-11-9-7-5-2)46-68-57-56(65)55(64)54(63)52(70-57)47-69-58(66)60-48-41-40-42-49(45-48)67-3/h40-42,45,50-57,59,61-65H,4-39,43-44,46-47H2,1-3H3,(H,60,66)/t50-,51+,52+,53-,54-,55-,56+,57-/m0/s1. The molecule has 12 nitrogen and oxygen atoms in total. The van der Waals surface area contributed by atoms with E-state index in [1.165, 1.54) is 200 Å². The zero-order valence-electron chi connectivity index (χ0n) is 45.0. The van der Waals surface area contributed by atoms with Crippen LogP contribution in [0, 0.1) is 0 Å². The summed E-state index contributed by atoms with van der Waals surface area (Å²) in [5.74, 6) is 0.548. The summed E-state index contributed by atoms with van der Waals surface area (Å²) in [5.41, 5.74) is 0.440. The van der Waals surface area contributed by atoms with Crippen LogP contribution in [0.15, 0.2) is 24.3 Å².